The average Bonchev–Trinajstić information content (AvgIpc) is 2.65. The van der Waals surface area contributed by atoms with Gasteiger partial charge in [0.2, 0.25) is 0 Å². The quantitative estimate of drug-likeness (QED) is 0.500. The zero-order chi connectivity index (χ0) is 14.5. The van der Waals surface area contributed by atoms with Gasteiger partial charge in [-0.2, -0.15) is 0 Å². The second-order valence-corrected chi connectivity index (χ2v) is 5.34. The van der Waals surface area contributed by atoms with Gasteiger partial charge >= 0.3 is 0 Å². The average molecular weight is 277 g/mol. The second kappa shape index (κ2) is 6.61. The normalized spacial score (nSPS) is 22.9. The fourth-order valence-corrected chi connectivity index (χ4v) is 2.64. The fourth-order valence-electron chi connectivity index (χ4n) is 2.64. The maximum absolute atomic E-state index is 11.5. The molecule has 110 valence electrons. The molecule has 0 aliphatic heterocycles. The van der Waals surface area contributed by atoms with Crippen molar-refractivity contribution in [1.29, 1.82) is 0 Å². The van der Waals surface area contributed by atoms with Crippen LogP contribution in [0.2, 0.25) is 0 Å². The van der Waals surface area contributed by atoms with E-state index < -0.39 is 0 Å². The first-order valence-electron chi connectivity index (χ1n) is 7.18. The van der Waals surface area contributed by atoms with Crippen LogP contribution in [0.1, 0.15) is 42.5 Å². The Bertz CT molecular complexity index is 476. The molecule has 2 atom stereocenters. The predicted molar refractivity (Wildman–Crippen MR) is 80.7 cm³/mol. The van der Waals surface area contributed by atoms with Crippen molar-refractivity contribution >= 4 is 17.3 Å². The molecule has 1 aliphatic carbocycles. The number of aliphatic hydroxyl groups is 1. The summed E-state index contributed by atoms with van der Waals surface area (Å²) in [5.41, 5.74) is 7.84. The van der Waals surface area contributed by atoms with Crippen LogP contribution in [-0.4, -0.2) is 30.2 Å². The Kier molecular flexibility index (Phi) is 4.84. The molecule has 20 heavy (non-hydrogen) atoms. The molecule has 1 amide bonds. The van der Waals surface area contributed by atoms with Gasteiger partial charge in [0.25, 0.3) is 5.91 Å². The number of anilines is 2. The molecular formula is C15H23N3O2. The Hall–Kier alpha value is -1.75. The number of benzene rings is 1. The molecule has 2 rings (SSSR count). The first-order valence-corrected chi connectivity index (χ1v) is 7.18. The monoisotopic (exact) mass is 277 g/mol. The summed E-state index contributed by atoms with van der Waals surface area (Å²) in [6, 6.07) is 5.23. The van der Waals surface area contributed by atoms with E-state index in [0.717, 1.165) is 31.4 Å². The number of carbonyl (C=O) groups is 1. The third-order valence-electron chi connectivity index (χ3n) is 3.86. The third-order valence-corrected chi connectivity index (χ3v) is 3.86. The summed E-state index contributed by atoms with van der Waals surface area (Å²) in [6.45, 7) is 0. The van der Waals surface area contributed by atoms with Gasteiger partial charge in [-0.05, 0) is 31.0 Å². The van der Waals surface area contributed by atoms with Crippen molar-refractivity contribution in [2.45, 2.75) is 44.2 Å². The number of hydrogen-bond donors (Lipinski definition) is 4. The highest BCUT2D eigenvalue weighted by atomic mass is 16.3. The fraction of sp³-hybridized carbons (Fsp3) is 0.533. The Labute approximate surface area is 119 Å². The molecule has 1 fully saturated rings. The highest BCUT2D eigenvalue weighted by molar-refractivity contribution is 5.95. The minimum absolute atomic E-state index is 0.0330. The zero-order valence-electron chi connectivity index (χ0n) is 11.9. The van der Waals surface area contributed by atoms with Crippen molar-refractivity contribution in [2.75, 3.05) is 18.1 Å². The van der Waals surface area contributed by atoms with Crippen molar-refractivity contribution in [3.05, 3.63) is 23.8 Å². The molecule has 0 saturated heterocycles. The van der Waals surface area contributed by atoms with Gasteiger partial charge in [0, 0.05) is 12.6 Å². The first-order chi connectivity index (χ1) is 9.61. The highest BCUT2D eigenvalue weighted by Crippen LogP contribution is 2.25. The molecule has 5 nitrogen and oxygen atoms in total. The number of nitrogens with one attached hydrogen (secondary N) is 2. The molecule has 0 heterocycles. The van der Waals surface area contributed by atoms with Crippen LogP contribution in [0.5, 0.6) is 0 Å². The van der Waals surface area contributed by atoms with Crippen LogP contribution in [0, 0.1) is 0 Å². The van der Waals surface area contributed by atoms with E-state index in [9.17, 15) is 9.90 Å². The van der Waals surface area contributed by atoms with Crippen molar-refractivity contribution in [3.8, 4) is 0 Å². The lowest BCUT2D eigenvalue weighted by molar-refractivity contribution is 0.0963. The Morgan fingerprint density at radius 3 is 2.75 bits per heavy atom. The highest BCUT2D eigenvalue weighted by Gasteiger charge is 2.22. The number of hydrogen-bond acceptors (Lipinski definition) is 4. The van der Waals surface area contributed by atoms with Crippen LogP contribution >= 0.6 is 0 Å². The van der Waals surface area contributed by atoms with Gasteiger partial charge in [0.05, 0.1) is 23.5 Å². The topological polar surface area (TPSA) is 87.4 Å². The van der Waals surface area contributed by atoms with Crippen LogP contribution in [0.15, 0.2) is 18.2 Å². The number of carbonyl (C=O) groups excluding carboxylic acids is 1. The minimum atomic E-state index is -0.337. The molecule has 2 unspecified atom stereocenters. The summed E-state index contributed by atoms with van der Waals surface area (Å²) in [5.74, 6) is -0.155. The molecule has 1 aliphatic rings. The van der Waals surface area contributed by atoms with Gasteiger partial charge in [-0.25, -0.2) is 0 Å². The van der Waals surface area contributed by atoms with Gasteiger partial charge < -0.3 is 21.5 Å². The number of aliphatic hydroxyl groups excluding tert-OH is 1. The summed E-state index contributed by atoms with van der Waals surface area (Å²) in [5, 5.41) is 16.0. The van der Waals surface area contributed by atoms with Crippen molar-refractivity contribution < 1.29 is 9.90 Å². The van der Waals surface area contributed by atoms with E-state index in [1.807, 2.05) is 0 Å². The molecule has 1 saturated carbocycles. The third kappa shape index (κ3) is 3.42. The molecule has 0 radical (unpaired) electrons. The maximum atomic E-state index is 11.5. The van der Waals surface area contributed by atoms with E-state index in [2.05, 4.69) is 10.6 Å². The minimum Gasteiger partial charge on any atom is -0.397 e. The molecule has 5 heteroatoms. The van der Waals surface area contributed by atoms with Crippen LogP contribution < -0.4 is 16.4 Å². The maximum Gasteiger partial charge on any atom is 0.251 e. The Morgan fingerprint density at radius 1 is 1.30 bits per heavy atom. The van der Waals surface area contributed by atoms with E-state index in [4.69, 9.17) is 5.73 Å². The second-order valence-electron chi connectivity index (χ2n) is 5.34. The van der Waals surface area contributed by atoms with E-state index in [1.54, 1.807) is 25.2 Å². The number of rotatable bonds is 3. The summed E-state index contributed by atoms with van der Waals surface area (Å²) < 4.78 is 0. The van der Waals surface area contributed by atoms with Crippen LogP contribution in [-0.2, 0) is 0 Å². The Balaban J connectivity index is 2.10. The van der Waals surface area contributed by atoms with E-state index in [1.165, 1.54) is 6.42 Å². The molecule has 0 aromatic heterocycles. The standard InChI is InChI=1S/C15H23N3O2/c1-17-15(20)10-7-8-12(11(16)9-10)18-13-5-3-2-4-6-14(13)19/h7-9,13-14,18-19H,2-6,16H2,1H3,(H,17,20). The smallest absolute Gasteiger partial charge is 0.251 e. The van der Waals surface area contributed by atoms with Gasteiger partial charge in [0.1, 0.15) is 0 Å². The lowest BCUT2D eigenvalue weighted by atomic mass is 10.0. The van der Waals surface area contributed by atoms with Crippen molar-refractivity contribution in [1.82, 2.24) is 5.32 Å². The summed E-state index contributed by atoms with van der Waals surface area (Å²) >= 11 is 0. The van der Waals surface area contributed by atoms with Crippen LogP contribution in [0.3, 0.4) is 0 Å². The molecular weight excluding hydrogens is 254 g/mol. The molecule has 0 spiro atoms. The predicted octanol–water partition coefficient (Wildman–Crippen LogP) is 1.73. The number of amides is 1. The number of nitrogens with two attached hydrogens (primary N) is 1. The van der Waals surface area contributed by atoms with Gasteiger partial charge in [-0.1, -0.05) is 19.3 Å². The summed E-state index contributed by atoms with van der Waals surface area (Å²) in [7, 11) is 1.59. The van der Waals surface area contributed by atoms with Crippen molar-refractivity contribution in [3.63, 3.8) is 0 Å². The van der Waals surface area contributed by atoms with E-state index in [0.29, 0.717) is 11.3 Å². The summed E-state index contributed by atoms with van der Waals surface area (Å²) in [4.78, 5) is 11.5. The lowest BCUT2D eigenvalue weighted by Crippen LogP contribution is -2.32. The first kappa shape index (κ1) is 14.7. The van der Waals surface area contributed by atoms with E-state index >= 15 is 0 Å². The molecule has 1 aromatic carbocycles. The van der Waals surface area contributed by atoms with Crippen molar-refractivity contribution in [2.24, 2.45) is 0 Å². The molecule has 0 bridgehead atoms. The van der Waals surface area contributed by atoms with Crippen LogP contribution in [0.25, 0.3) is 0 Å². The number of nitrogen functional groups attached to an aromatic ring is 1. The Morgan fingerprint density at radius 2 is 2.05 bits per heavy atom. The SMILES string of the molecule is CNC(=O)c1ccc(NC2CCCCCC2O)c(N)c1. The van der Waals surface area contributed by atoms with Gasteiger partial charge in [-0.3, -0.25) is 4.79 Å². The van der Waals surface area contributed by atoms with Gasteiger partial charge in [0.15, 0.2) is 0 Å². The van der Waals surface area contributed by atoms with E-state index in [-0.39, 0.29) is 18.1 Å². The summed E-state index contributed by atoms with van der Waals surface area (Å²) in [6.07, 6.45) is 4.79. The molecule has 5 N–H and O–H groups in total. The lowest BCUT2D eigenvalue weighted by Gasteiger charge is -2.24. The largest absolute Gasteiger partial charge is 0.397 e. The zero-order valence-corrected chi connectivity index (χ0v) is 11.9. The van der Waals surface area contributed by atoms with Crippen LogP contribution in [0.4, 0.5) is 11.4 Å². The molecule has 1 aromatic rings. The van der Waals surface area contributed by atoms with Gasteiger partial charge in [-0.15, -0.1) is 0 Å².